The van der Waals surface area contributed by atoms with E-state index in [9.17, 15) is 5.11 Å². The molecule has 1 saturated heterocycles. The highest BCUT2D eigenvalue weighted by atomic mass is 32.1. The number of aryl methyl sites for hydroxylation is 1. The second-order valence-corrected chi connectivity index (χ2v) is 6.37. The summed E-state index contributed by atoms with van der Waals surface area (Å²) in [4.78, 5) is 8.20. The van der Waals surface area contributed by atoms with E-state index in [1.807, 2.05) is 0 Å². The summed E-state index contributed by atoms with van der Waals surface area (Å²) in [7, 11) is 0. The number of rotatable bonds is 3. The molecule has 2 aliphatic rings. The lowest BCUT2D eigenvalue weighted by Gasteiger charge is -2.31. The fourth-order valence-corrected chi connectivity index (χ4v) is 4.15. The number of thiazole rings is 1. The smallest absolute Gasteiger partial charge is 0.185 e. The molecule has 1 fully saturated rings. The van der Waals surface area contributed by atoms with Crippen LogP contribution in [-0.2, 0) is 11.2 Å². The Hall–Kier alpha value is -0.650. The quantitative estimate of drug-likeness (QED) is 0.925. The monoisotopic (exact) mass is 282 g/mol. The van der Waals surface area contributed by atoms with E-state index in [1.165, 1.54) is 0 Å². The minimum atomic E-state index is -0.282. The Morgan fingerprint density at radius 3 is 2.84 bits per heavy atom. The zero-order chi connectivity index (χ0) is 13.2. The van der Waals surface area contributed by atoms with Gasteiger partial charge in [0, 0.05) is 19.7 Å². The summed E-state index contributed by atoms with van der Waals surface area (Å²) >= 11 is 1.69. The van der Waals surface area contributed by atoms with Crippen LogP contribution >= 0.6 is 11.3 Å². The molecule has 5 heteroatoms. The standard InChI is InChI=1S/C14H22N2O2S/c1-2-18-10-6-8-16(9-7-10)14-15-11-4-3-5-12(17)13(11)19-14/h10,12,17H,2-9H2,1H3. The number of aromatic nitrogens is 1. The van der Waals surface area contributed by atoms with E-state index in [1.54, 1.807) is 11.3 Å². The summed E-state index contributed by atoms with van der Waals surface area (Å²) in [5.41, 5.74) is 1.13. The number of fused-ring (bicyclic) bond motifs is 1. The lowest BCUT2D eigenvalue weighted by Crippen LogP contribution is -2.37. The molecule has 106 valence electrons. The van der Waals surface area contributed by atoms with Gasteiger partial charge in [0.05, 0.1) is 22.8 Å². The highest BCUT2D eigenvalue weighted by Gasteiger charge is 2.26. The van der Waals surface area contributed by atoms with Crippen molar-refractivity contribution in [3.8, 4) is 0 Å². The van der Waals surface area contributed by atoms with Gasteiger partial charge in [-0.05, 0) is 39.0 Å². The van der Waals surface area contributed by atoms with Crippen LogP contribution in [0, 0.1) is 0 Å². The summed E-state index contributed by atoms with van der Waals surface area (Å²) < 4.78 is 5.68. The fraction of sp³-hybridized carbons (Fsp3) is 0.786. The van der Waals surface area contributed by atoms with Crippen molar-refractivity contribution >= 4 is 16.5 Å². The molecule has 3 rings (SSSR count). The molecule has 1 aliphatic heterocycles. The van der Waals surface area contributed by atoms with Crippen molar-refractivity contribution in [1.82, 2.24) is 4.98 Å². The largest absolute Gasteiger partial charge is 0.388 e. The number of aliphatic hydroxyl groups excluding tert-OH is 1. The Morgan fingerprint density at radius 1 is 1.37 bits per heavy atom. The van der Waals surface area contributed by atoms with E-state index < -0.39 is 0 Å². The van der Waals surface area contributed by atoms with Crippen LogP contribution in [-0.4, -0.2) is 35.9 Å². The zero-order valence-corrected chi connectivity index (χ0v) is 12.3. The maximum Gasteiger partial charge on any atom is 0.185 e. The van der Waals surface area contributed by atoms with E-state index in [4.69, 9.17) is 9.72 Å². The number of piperidine rings is 1. The Labute approximate surface area is 118 Å². The number of anilines is 1. The van der Waals surface area contributed by atoms with Crippen LogP contribution in [0.2, 0.25) is 0 Å². The molecular formula is C14H22N2O2S. The number of hydrogen-bond donors (Lipinski definition) is 1. The molecule has 2 heterocycles. The van der Waals surface area contributed by atoms with Gasteiger partial charge >= 0.3 is 0 Å². The molecule has 19 heavy (non-hydrogen) atoms. The maximum absolute atomic E-state index is 10.0. The lowest BCUT2D eigenvalue weighted by atomic mass is 10.0. The molecule has 0 amide bonds. The first kappa shape index (κ1) is 13.3. The summed E-state index contributed by atoms with van der Waals surface area (Å²) in [5, 5.41) is 11.1. The Bertz CT molecular complexity index is 427. The third-order valence-corrected chi connectivity index (χ3v) is 5.28. The van der Waals surface area contributed by atoms with Gasteiger partial charge in [0.25, 0.3) is 0 Å². The van der Waals surface area contributed by atoms with Gasteiger partial charge in [-0.15, -0.1) is 0 Å². The summed E-state index contributed by atoms with van der Waals surface area (Å²) in [5.74, 6) is 0. The van der Waals surface area contributed by atoms with Crippen molar-refractivity contribution in [2.45, 2.75) is 51.2 Å². The minimum Gasteiger partial charge on any atom is -0.388 e. The predicted octanol–water partition coefficient (Wildman–Crippen LogP) is 2.52. The number of hydrogen-bond acceptors (Lipinski definition) is 5. The highest BCUT2D eigenvalue weighted by molar-refractivity contribution is 7.15. The lowest BCUT2D eigenvalue weighted by molar-refractivity contribution is 0.0459. The first-order chi connectivity index (χ1) is 9.28. The molecule has 4 nitrogen and oxygen atoms in total. The third kappa shape index (κ3) is 2.78. The van der Waals surface area contributed by atoms with Crippen LogP contribution in [0.3, 0.4) is 0 Å². The van der Waals surface area contributed by atoms with E-state index in [2.05, 4.69) is 11.8 Å². The van der Waals surface area contributed by atoms with Gasteiger partial charge in [-0.1, -0.05) is 11.3 Å². The van der Waals surface area contributed by atoms with E-state index in [0.717, 1.165) is 67.5 Å². The fourth-order valence-electron chi connectivity index (χ4n) is 2.97. The van der Waals surface area contributed by atoms with Gasteiger partial charge in [0.15, 0.2) is 5.13 Å². The van der Waals surface area contributed by atoms with Crippen molar-refractivity contribution in [2.24, 2.45) is 0 Å². The van der Waals surface area contributed by atoms with E-state index in [-0.39, 0.29) is 6.10 Å². The summed E-state index contributed by atoms with van der Waals surface area (Å²) in [6.45, 7) is 4.91. The van der Waals surface area contributed by atoms with Crippen molar-refractivity contribution in [3.05, 3.63) is 10.6 Å². The predicted molar refractivity (Wildman–Crippen MR) is 76.9 cm³/mol. The molecule has 0 spiro atoms. The molecule has 0 radical (unpaired) electrons. The Kier molecular flexibility index (Phi) is 4.05. The van der Waals surface area contributed by atoms with E-state index >= 15 is 0 Å². The molecule has 1 aliphatic carbocycles. The van der Waals surface area contributed by atoms with Gasteiger partial charge in [0.1, 0.15) is 0 Å². The molecule has 1 atom stereocenters. The minimum absolute atomic E-state index is 0.282. The first-order valence-electron chi connectivity index (χ1n) is 7.32. The topological polar surface area (TPSA) is 45.6 Å². The van der Waals surface area contributed by atoms with Crippen molar-refractivity contribution in [1.29, 1.82) is 0 Å². The van der Waals surface area contributed by atoms with Gasteiger partial charge < -0.3 is 14.7 Å². The van der Waals surface area contributed by atoms with Gasteiger partial charge in [0.2, 0.25) is 0 Å². The molecule has 1 aromatic rings. The second-order valence-electron chi connectivity index (χ2n) is 5.36. The van der Waals surface area contributed by atoms with Crippen LogP contribution in [0.15, 0.2) is 0 Å². The van der Waals surface area contributed by atoms with Crippen LogP contribution in [0.5, 0.6) is 0 Å². The SMILES string of the molecule is CCOC1CCN(c2nc3c(s2)C(O)CCC3)CC1. The van der Waals surface area contributed by atoms with Gasteiger partial charge in [-0.3, -0.25) is 0 Å². The van der Waals surface area contributed by atoms with Crippen LogP contribution in [0.4, 0.5) is 5.13 Å². The molecule has 1 N–H and O–H groups in total. The number of ether oxygens (including phenoxy) is 1. The van der Waals surface area contributed by atoms with Crippen molar-refractivity contribution in [2.75, 3.05) is 24.6 Å². The molecule has 0 saturated carbocycles. The Balaban J connectivity index is 1.67. The molecule has 1 unspecified atom stereocenters. The molecular weight excluding hydrogens is 260 g/mol. The summed E-state index contributed by atoms with van der Waals surface area (Å²) in [6, 6.07) is 0. The van der Waals surface area contributed by atoms with Gasteiger partial charge in [-0.25, -0.2) is 4.98 Å². The normalized spacial score (nSPS) is 24.5. The Morgan fingerprint density at radius 2 is 2.16 bits per heavy atom. The zero-order valence-electron chi connectivity index (χ0n) is 11.5. The average molecular weight is 282 g/mol. The molecule has 0 aromatic carbocycles. The first-order valence-corrected chi connectivity index (χ1v) is 8.13. The average Bonchev–Trinajstić information content (AvgIpc) is 2.85. The van der Waals surface area contributed by atoms with Crippen molar-refractivity contribution < 1.29 is 9.84 Å². The summed E-state index contributed by atoms with van der Waals surface area (Å²) in [6.07, 6.45) is 5.28. The number of nitrogens with zero attached hydrogens (tertiary/aromatic N) is 2. The van der Waals surface area contributed by atoms with E-state index in [0.29, 0.717) is 6.10 Å². The second kappa shape index (κ2) is 5.77. The van der Waals surface area contributed by atoms with Crippen LogP contribution in [0.1, 0.15) is 49.3 Å². The van der Waals surface area contributed by atoms with Gasteiger partial charge in [-0.2, -0.15) is 0 Å². The van der Waals surface area contributed by atoms with Crippen LogP contribution in [0.25, 0.3) is 0 Å². The number of aliphatic hydroxyl groups is 1. The third-order valence-electron chi connectivity index (χ3n) is 4.02. The van der Waals surface area contributed by atoms with Crippen molar-refractivity contribution in [3.63, 3.8) is 0 Å². The maximum atomic E-state index is 10.0. The van der Waals surface area contributed by atoms with Crippen LogP contribution < -0.4 is 4.90 Å². The highest BCUT2D eigenvalue weighted by Crippen LogP contribution is 2.38. The molecule has 1 aromatic heterocycles. The molecule has 0 bridgehead atoms.